The minimum absolute atomic E-state index is 0.0844. The van der Waals surface area contributed by atoms with Crippen molar-refractivity contribution in [1.82, 2.24) is 9.97 Å². The van der Waals surface area contributed by atoms with E-state index >= 15 is 0 Å². The largest absolute Gasteiger partial charge is 0.329 e. The number of aromatic nitrogens is 2. The topological polar surface area (TPSA) is 51.8 Å². The van der Waals surface area contributed by atoms with Gasteiger partial charge in [-0.2, -0.15) is 0 Å². The van der Waals surface area contributed by atoms with Gasteiger partial charge in [-0.15, -0.1) is 0 Å². The Morgan fingerprint density at radius 2 is 1.94 bits per heavy atom. The summed E-state index contributed by atoms with van der Waals surface area (Å²) < 4.78 is 0. The minimum atomic E-state index is 0.0844. The summed E-state index contributed by atoms with van der Waals surface area (Å²) in [5, 5.41) is 0. The highest BCUT2D eigenvalue weighted by Gasteiger charge is 2.14. The van der Waals surface area contributed by atoms with Crippen LogP contribution in [0.4, 0.5) is 0 Å². The van der Waals surface area contributed by atoms with Crippen LogP contribution < -0.4 is 5.73 Å². The van der Waals surface area contributed by atoms with E-state index in [1.165, 1.54) is 0 Å². The fraction of sp³-hybridized carbons (Fsp3) is 0.231. The summed E-state index contributed by atoms with van der Waals surface area (Å²) in [6, 6.07) is 11.8. The lowest BCUT2D eigenvalue weighted by Crippen LogP contribution is -2.16. The summed E-state index contributed by atoms with van der Waals surface area (Å²) in [5.74, 6) is 0.0844. The Kier molecular flexibility index (Phi) is 3.27. The summed E-state index contributed by atoms with van der Waals surface area (Å²) >= 11 is 0. The van der Waals surface area contributed by atoms with Crippen LogP contribution in [0, 0.1) is 6.92 Å². The monoisotopic (exact) mass is 213 g/mol. The number of nitrogens with zero attached hydrogens (tertiary/aromatic N) is 2. The van der Waals surface area contributed by atoms with Gasteiger partial charge in [0.05, 0.1) is 17.3 Å². The van der Waals surface area contributed by atoms with Gasteiger partial charge >= 0.3 is 0 Å². The van der Waals surface area contributed by atoms with Crippen LogP contribution in [-0.4, -0.2) is 16.5 Å². The van der Waals surface area contributed by atoms with Gasteiger partial charge < -0.3 is 5.73 Å². The number of hydrogen-bond donors (Lipinski definition) is 1. The molecule has 82 valence electrons. The number of pyridine rings is 2. The van der Waals surface area contributed by atoms with Crippen LogP contribution in [0.5, 0.6) is 0 Å². The van der Waals surface area contributed by atoms with Gasteiger partial charge in [-0.1, -0.05) is 12.1 Å². The molecule has 2 N–H and O–H groups in total. The number of rotatable bonds is 3. The molecule has 0 amide bonds. The average molecular weight is 213 g/mol. The molecule has 1 atom stereocenters. The first-order valence-corrected chi connectivity index (χ1v) is 5.36. The van der Waals surface area contributed by atoms with Crippen molar-refractivity contribution in [1.29, 1.82) is 0 Å². The van der Waals surface area contributed by atoms with Crippen molar-refractivity contribution in [2.75, 3.05) is 6.54 Å². The van der Waals surface area contributed by atoms with E-state index in [2.05, 4.69) is 9.97 Å². The maximum Gasteiger partial charge on any atom is 0.0558 e. The second-order valence-electron chi connectivity index (χ2n) is 3.75. The van der Waals surface area contributed by atoms with Crippen molar-refractivity contribution in [2.24, 2.45) is 5.73 Å². The lowest BCUT2D eigenvalue weighted by molar-refractivity contribution is 0.756. The molecule has 0 aliphatic carbocycles. The second kappa shape index (κ2) is 4.86. The molecule has 2 rings (SSSR count). The number of aryl methyl sites for hydroxylation is 1. The molecule has 0 saturated heterocycles. The van der Waals surface area contributed by atoms with Gasteiger partial charge in [0.25, 0.3) is 0 Å². The van der Waals surface area contributed by atoms with Crippen LogP contribution in [0.2, 0.25) is 0 Å². The van der Waals surface area contributed by atoms with Crippen LogP contribution in [0.1, 0.15) is 23.0 Å². The third-order valence-electron chi connectivity index (χ3n) is 2.55. The average Bonchev–Trinajstić information content (AvgIpc) is 2.31. The third-order valence-corrected chi connectivity index (χ3v) is 2.55. The standard InChI is InChI=1S/C13H15N3/c1-10-5-4-7-13(16-10)11(9-14)12-6-2-3-8-15-12/h2-8,11H,9,14H2,1H3. The van der Waals surface area contributed by atoms with Gasteiger partial charge in [0.15, 0.2) is 0 Å². The Labute approximate surface area is 95.4 Å². The van der Waals surface area contributed by atoms with Crippen LogP contribution in [0.15, 0.2) is 42.6 Å². The zero-order valence-corrected chi connectivity index (χ0v) is 9.30. The molecule has 0 bridgehead atoms. The van der Waals surface area contributed by atoms with Gasteiger partial charge in [0.1, 0.15) is 0 Å². The van der Waals surface area contributed by atoms with E-state index < -0.39 is 0 Å². The van der Waals surface area contributed by atoms with E-state index in [1.54, 1.807) is 6.20 Å². The second-order valence-corrected chi connectivity index (χ2v) is 3.75. The third kappa shape index (κ3) is 2.25. The van der Waals surface area contributed by atoms with E-state index in [9.17, 15) is 0 Å². The molecule has 2 aromatic heterocycles. The predicted molar refractivity (Wildman–Crippen MR) is 64.1 cm³/mol. The molecule has 0 fully saturated rings. The maximum atomic E-state index is 5.81. The SMILES string of the molecule is Cc1cccc(C(CN)c2ccccn2)n1. The van der Waals surface area contributed by atoms with Gasteiger partial charge in [0.2, 0.25) is 0 Å². The lowest BCUT2D eigenvalue weighted by atomic mass is 10.00. The quantitative estimate of drug-likeness (QED) is 0.846. The Morgan fingerprint density at radius 3 is 2.56 bits per heavy atom. The molecule has 0 aliphatic heterocycles. The molecule has 0 spiro atoms. The molecular formula is C13H15N3. The first-order valence-electron chi connectivity index (χ1n) is 5.36. The van der Waals surface area contributed by atoms with E-state index in [4.69, 9.17) is 5.73 Å². The Bertz CT molecular complexity index is 454. The lowest BCUT2D eigenvalue weighted by Gasteiger charge is -2.13. The molecule has 0 radical (unpaired) electrons. The molecule has 0 aromatic carbocycles. The molecule has 16 heavy (non-hydrogen) atoms. The van der Waals surface area contributed by atoms with Crippen molar-refractivity contribution < 1.29 is 0 Å². The highest BCUT2D eigenvalue weighted by atomic mass is 14.8. The molecule has 0 saturated carbocycles. The maximum absolute atomic E-state index is 5.81. The fourth-order valence-electron chi connectivity index (χ4n) is 1.73. The van der Waals surface area contributed by atoms with Crippen LogP contribution >= 0.6 is 0 Å². The fourth-order valence-corrected chi connectivity index (χ4v) is 1.73. The zero-order valence-electron chi connectivity index (χ0n) is 9.30. The van der Waals surface area contributed by atoms with Crippen molar-refractivity contribution >= 4 is 0 Å². The Hall–Kier alpha value is -1.74. The normalized spacial score (nSPS) is 12.4. The summed E-state index contributed by atoms with van der Waals surface area (Å²) in [4.78, 5) is 8.84. The van der Waals surface area contributed by atoms with Gasteiger partial charge in [0, 0.05) is 18.4 Å². The Balaban J connectivity index is 2.37. The van der Waals surface area contributed by atoms with Gasteiger partial charge in [-0.3, -0.25) is 9.97 Å². The predicted octanol–water partition coefficient (Wildman–Crippen LogP) is 1.88. The van der Waals surface area contributed by atoms with Crippen LogP contribution in [0.3, 0.4) is 0 Å². The summed E-state index contributed by atoms with van der Waals surface area (Å²) in [6.45, 7) is 2.50. The highest BCUT2D eigenvalue weighted by molar-refractivity contribution is 5.24. The van der Waals surface area contributed by atoms with Crippen molar-refractivity contribution in [2.45, 2.75) is 12.8 Å². The molecular weight excluding hydrogens is 198 g/mol. The molecule has 2 aromatic rings. The van der Waals surface area contributed by atoms with Crippen molar-refractivity contribution in [3.8, 4) is 0 Å². The van der Waals surface area contributed by atoms with Gasteiger partial charge in [-0.05, 0) is 31.2 Å². The minimum Gasteiger partial charge on any atom is -0.329 e. The van der Waals surface area contributed by atoms with E-state index in [0.29, 0.717) is 6.54 Å². The van der Waals surface area contributed by atoms with Gasteiger partial charge in [-0.25, -0.2) is 0 Å². The Morgan fingerprint density at radius 1 is 1.12 bits per heavy atom. The van der Waals surface area contributed by atoms with Crippen molar-refractivity contribution in [3.05, 3.63) is 59.7 Å². The van der Waals surface area contributed by atoms with E-state index in [-0.39, 0.29) is 5.92 Å². The first-order chi connectivity index (χ1) is 7.81. The molecule has 3 nitrogen and oxygen atoms in total. The zero-order chi connectivity index (χ0) is 11.4. The number of hydrogen-bond acceptors (Lipinski definition) is 3. The van der Waals surface area contributed by atoms with E-state index in [1.807, 2.05) is 43.3 Å². The highest BCUT2D eigenvalue weighted by Crippen LogP contribution is 2.19. The summed E-state index contributed by atoms with van der Waals surface area (Å²) in [6.07, 6.45) is 1.79. The molecule has 0 aliphatic rings. The van der Waals surface area contributed by atoms with Crippen molar-refractivity contribution in [3.63, 3.8) is 0 Å². The number of nitrogens with two attached hydrogens (primary N) is 1. The van der Waals surface area contributed by atoms with Crippen LogP contribution in [0.25, 0.3) is 0 Å². The smallest absolute Gasteiger partial charge is 0.0558 e. The van der Waals surface area contributed by atoms with E-state index in [0.717, 1.165) is 17.1 Å². The summed E-state index contributed by atoms with van der Waals surface area (Å²) in [5.41, 5.74) is 8.78. The molecule has 3 heteroatoms. The molecule has 2 heterocycles. The van der Waals surface area contributed by atoms with Crippen LogP contribution in [-0.2, 0) is 0 Å². The first kappa shape index (κ1) is 10.8. The summed E-state index contributed by atoms with van der Waals surface area (Å²) in [7, 11) is 0. The molecule has 1 unspecified atom stereocenters.